The fraction of sp³-hybridized carbons (Fsp3) is 0.524. The second kappa shape index (κ2) is 12.8. The van der Waals surface area contributed by atoms with Gasteiger partial charge in [0.15, 0.2) is 0 Å². The van der Waals surface area contributed by atoms with Crippen molar-refractivity contribution in [3.63, 3.8) is 0 Å². The molecule has 1 aromatic carbocycles. The first-order valence-corrected chi connectivity index (χ1v) is 8.69. The Kier molecular flexibility index (Phi) is 11.8. The van der Waals surface area contributed by atoms with Crippen LogP contribution >= 0.6 is 0 Å². The molecular weight excluding hydrogens is 282 g/mol. The maximum atomic E-state index is 5.10. The Labute approximate surface area is 143 Å². The Bertz CT molecular complexity index is 535. The largest absolute Gasteiger partial charge is 0.503 e. The molecule has 0 saturated carbocycles. The van der Waals surface area contributed by atoms with Gasteiger partial charge in [-0.2, -0.15) is 0 Å². The molecule has 0 saturated heterocycles. The zero-order chi connectivity index (χ0) is 17.7. The van der Waals surface area contributed by atoms with Crippen molar-refractivity contribution in [3.8, 4) is 11.8 Å². The summed E-state index contributed by atoms with van der Waals surface area (Å²) in [6.45, 7) is 15.0. The van der Waals surface area contributed by atoms with Gasteiger partial charge in [-0.15, -0.1) is 5.92 Å². The van der Waals surface area contributed by atoms with Gasteiger partial charge in [-0.1, -0.05) is 51.8 Å². The van der Waals surface area contributed by atoms with Gasteiger partial charge in [0, 0.05) is 19.6 Å². The van der Waals surface area contributed by atoms with Crippen molar-refractivity contribution in [2.75, 3.05) is 20.2 Å². The van der Waals surface area contributed by atoms with Gasteiger partial charge in [-0.05, 0) is 37.0 Å². The van der Waals surface area contributed by atoms with E-state index in [2.05, 4.69) is 41.9 Å². The van der Waals surface area contributed by atoms with Crippen LogP contribution in [0.2, 0.25) is 0 Å². The first-order chi connectivity index (χ1) is 11.2. The van der Waals surface area contributed by atoms with Crippen LogP contribution < -0.4 is 0 Å². The fourth-order valence-electron chi connectivity index (χ4n) is 2.64. The smallest absolute Gasteiger partial charge is 0.0953 e. The minimum Gasteiger partial charge on any atom is -0.503 e. The molecule has 0 unspecified atom stereocenters. The molecule has 1 aliphatic rings. The summed E-state index contributed by atoms with van der Waals surface area (Å²) in [7, 11) is 1.67. The second-order valence-corrected chi connectivity index (χ2v) is 4.93. The number of ether oxygens (including phenoxy) is 1. The van der Waals surface area contributed by atoms with Crippen molar-refractivity contribution in [1.29, 1.82) is 0 Å². The van der Waals surface area contributed by atoms with Crippen molar-refractivity contribution in [3.05, 3.63) is 46.7 Å². The number of hydrogen-bond donors (Lipinski definition) is 0. The van der Waals surface area contributed by atoms with E-state index in [1.54, 1.807) is 13.4 Å². The molecule has 23 heavy (non-hydrogen) atoms. The van der Waals surface area contributed by atoms with Gasteiger partial charge in [-0.3, -0.25) is 4.90 Å². The standard InChI is InChI=1S/C17H21NO.2C2H6/c1-4-6-15(13-19-3)11-18-10-9-17-14(2)7-5-8-16(17)12-18;2*1-2/h5,7-8,13H,9-12H2,1-3H3;2*1-2H3/b15-13+;;. The monoisotopic (exact) mass is 315 g/mol. The van der Waals surface area contributed by atoms with Crippen LogP contribution in [0.3, 0.4) is 0 Å². The molecule has 0 radical (unpaired) electrons. The molecular formula is C21H33NO. The maximum Gasteiger partial charge on any atom is 0.0953 e. The zero-order valence-electron chi connectivity index (χ0n) is 16.0. The van der Waals surface area contributed by atoms with Crippen LogP contribution in [0.1, 0.15) is 51.3 Å². The van der Waals surface area contributed by atoms with Crippen LogP contribution in [0.25, 0.3) is 0 Å². The van der Waals surface area contributed by atoms with Crippen LogP contribution in [0.4, 0.5) is 0 Å². The van der Waals surface area contributed by atoms with Crippen molar-refractivity contribution >= 4 is 0 Å². The predicted molar refractivity (Wildman–Crippen MR) is 101 cm³/mol. The molecule has 128 valence electrons. The van der Waals surface area contributed by atoms with Crippen molar-refractivity contribution in [1.82, 2.24) is 4.90 Å². The molecule has 0 bridgehead atoms. The van der Waals surface area contributed by atoms with Crippen molar-refractivity contribution in [2.45, 2.75) is 54.5 Å². The van der Waals surface area contributed by atoms with Gasteiger partial charge in [-0.25, -0.2) is 0 Å². The first kappa shape index (κ1) is 21.3. The number of benzene rings is 1. The lowest BCUT2D eigenvalue weighted by atomic mass is 9.95. The summed E-state index contributed by atoms with van der Waals surface area (Å²) >= 11 is 0. The van der Waals surface area contributed by atoms with Crippen LogP contribution in [-0.4, -0.2) is 25.1 Å². The summed E-state index contributed by atoms with van der Waals surface area (Å²) in [6.07, 6.45) is 2.88. The minimum absolute atomic E-state index is 0.863. The average Bonchev–Trinajstić information content (AvgIpc) is 2.59. The van der Waals surface area contributed by atoms with E-state index in [4.69, 9.17) is 4.74 Å². The summed E-state index contributed by atoms with van der Waals surface area (Å²) in [6, 6.07) is 6.59. The SMILES string of the molecule is CC.CC.CC#C/C(=C\OC)CN1CCc2c(C)cccc2C1. The lowest BCUT2D eigenvalue weighted by Crippen LogP contribution is -2.32. The molecule has 0 aromatic heterocycles. The zero-order valence-corrected chi connectivity index (χ0v) is 16.0. The summed E-state index contributed by atoms with van der Waals surface area (Å²) in [5, 5.41) is 0. The Morgan fingerprint density at radius 1 is 1.26 bits per heavy atom. The lowest BCUT2D eigenvalue weighted by molar-refractivity contribution is 0.270. The highest BCUT2D eigenvalue weighted by atomic mass is 16.5. The van der Waals surface area contributed by atoms with E-state index < -0.39 is 0 Å². The summed E-state index contributed by atoms with van der Waals surface area (Å²) in [5.74, 6) is 6.06. The van der Waals surface area contributed by atoms with Crippen LogP contribution in [0, 0.1) is 18.8 Å². The maximum absolute atomic E-state index is 5.10. The van der Waals surface area contributed by atoms with E-state index in [0.29, 0.717) is 0 Å². The van der Waals surface area contributed by atoms with Crippen LogP contribution in [0.5, 0.6) is 0 Å². The fourth-order valence-corrected chi connectivity index (χ4v) is 2.64. The van der Waals surface area contributed by atoms with E-state index in [-0.39, 0.29) is 0 Å². The Morgan fingerprint density at radius 2 is 1.96 bits per heavy atom. The molecule has 0 amide bonds. The predicted octanol–water partition coefficient (Wildman–Crippen LogP) is 4.96. The number of rotatable bonds is 3. The third-order valence-corrected chi connectivity index (χ3v) is 3.52. The van der Waals surface area contributed by atoms with Crippen molar-refractivity contribution < 1.29 is 4.74 Å². The average molecular weight is 316 g/mol. The lowest BCUT2D eigenvalue weighted by Gasteiger charge is -2.29. The molecule has 0 fully saturated rings. The summed E-state index contributed by atoms with van der Waals surface area (Å²) in [4.78, 5) is 2.43. The molecule has 2 nitrogen and oxygen atoms in total. The Morgan fingerprint density at radius 3 is 2.57 bits per heavy atom. The summed E-state index contributed by atoms with van der Waals surface area (Å²) in [5.41, 5.74) is 5.43. The minimum atomic E-state index is 0.863. The van der Waals surface area contributed by atoms with Crippen LogP contribution in [-0.2, 0) is 17.7 Å². The third-order valence-electron chi connectivity index (χ3n) is 3.52. The molecule has 1 heterocycles. The van der Waals surface area contributed by atoms with Gasteiger partial charge < -0.3 is 4.74 Å². The second-order valence-electron chi connectivity index (χ2n) is 4.93. The van der Waals surface area contributed by atoms with Gasteiger partial charge in [0.2, 0.25) is 0 Å². The van der Waals surface area contributed by atoms with Crippen molar-refractivity contribution in [2.24, 2.45) is 0 Å². The molecule has 0 N–H and O–H groups in total. The number of nitrogens with zero attached hydrogens (tertiary/aromatic N) is 1. The number of aryl methyl sites for hydroxylation is 1. The van der Waals surface area contributed by atoms with Crippen LogP contribution in [0.15, 0.2) is 30.0 Å². The van der Waals surface area contributed by atoms with Gasteiger partial charge in [0.25, 0.3) is 0 Å². The topological polar surface area (TPSA) is 12.5 Å². The highest BCUT2D eigenvalue weighted by Crippen LogP contribution is 2.22. The van der Waals surface area contributed by atoms with Gasteiger partial charge in [0.05, 0.1) is 18.9 Å². The van der Waals surface area contributed by atoms with E-state index in [1.165, 1.54) is 16.7 Å². The Hall–Kier alpha value is -1.72. The molecule has 2 heteroatoms. The van der Waals surface area contributed by atoms with Gasteiger partial charge in [0.1, 0.15) is 0 Å². The molecule has 0 atom stereocenters. The number of hydrogen-bond acceptors (Lipinski definition) is 2. The third kappa shape index (κ3) is 6.93. The molecule has 0 spiro atoms. The normalized spacial score (nSPS) is 13.3. The van der Waals surface area contributed by atoms with E-state index >= 15 is 0 Å². The highest BCUT2D eigenvalue weighted by Gasteiger charge is 2.17. The first-order valence-electron chi connectivity index (χ1n) is 8.69. The van der Waals surface area contributed by atoms with E-state index in [0.717, 1.165) is 31.6 Å². The molecule has 0 aliphatic carbocycles. The number of fused-ring (bicyclic) bond motifs is 1. The highest BCUT2D eigenvalue weighted by molar-refractivity contribution is 5.36. The molecule has 2 rings (SSSR count). The quantitative estimate of drug-likeness (QED) is 0.577. The molecule has 1 aliphatic heterocycles. The van der Waals surface area contributed by atoms with Gasteiger partial charge >= 0.3 is 0 Å². The van der Waals surface area contributed by atoms with E-state index in [1.807, 2.05) is 34.6 Å². The molecule has 1 aromatic rings. The number of methoxy groups -OCH3 is 1. The summed E-state index contributed by atoms with van der Waals surface area (Å²) < 4.78 is 5.10. The Balaban J connectivity index is 0.00000112. The van der Waals surface area contributed by atoms with E-state index in [9.17, 15) is 0 Å².